The van der Waals surface area contributed by atoms with E-state index in [1.807, 2.05) is 42.5 Å². The number of thiazole rings is 1. The molecule has 0 spiro atoms. The Labute approximate surface area is 158 Å². The molecular weight excluding hydrogens is 344 g/mol. The Kier molecular flexibility index (Phi) is 6.17. The van der Waals surface area contributed by atoms with Crippen molar-refractivity contribution in [1.82, 2.24) is 4.98 Å². The van der Waals surface area contributed by atoms with Gasteiger partial charge in [0.05, 0.1) is 10.2 Å². The highest BCUT2D eigenvalue weighted by Crippen LogP contribution is 2.38. The summed E-state index contributed by atoms with van der Waals surface area (Å²) in [5, 5.41) is 4.68. The third-order valence-electron chi connectivity index (χ3n) is 4.07. The Balaban J connectivity index is 1.88. The van der Waals surface area contributed by atoms with Crippen molar-refractivity contribution in [3.8, 4) is 5.75 Å². The fourth-order valence-corrected chi connectivity index (χ4v) is 3.88. The van der Waals surface area contributed by atoms with Crippen molar-refractivity contribution in [3.05, 3.63) is 48.0 Å². The summed E-state index contributed by atoms with van der Waals surface area (Å²) in [6.45, 7) is 6.82. The van der Waals surface area contributed by atoms with Gasteiger partial charge in [0, 0.05) is 19.2 Å². The summed E-state index contributed by atoms with van der Waals surface area (Å²) in [5.74, 6) is 0.603. The highest BCUT2D eigenvalue weighted by Gasteiger charge is 2.14. The number of fused-ring (bicyclic) bond motifs is 1. The second-order valence-corrected chi connectivity index (χ2v) is 7.17. The molecule has 1 heterocycles. The van der Waals surface area contributed by atoms with E-state index in [0.717, 1.165) is 46.8 Å². The molecule has 0 radical (unpaired) electrons. The van der Waals surface area contributed by atoms with Crippen LogP contribution < -0.4 is 9.64 Å². The quantitative estimate of drug-likeness (QED) is 0.460. The second kappa shape index (κ2) is 8.76. The zero-order valence-corrected chi connectivity index (χ0v) is 16.1. The lowest BCUT2D eigenvalue weighted by Gasteiger charge is -2.19. The lowest BCUT2D eigenvalue weighted by atomic mass is 10.2. The van der Waals surface area contributed by atoms with Gasteiger partial charge in [0.1, 0.15) is 18.0 Å². The van der Waals surface area contributed by atoms with E-state index in [2.05, 4.69) is 23.9 Å². The number of ether oxygens (including phenoxy) is 1. The minimum absolute atomic E-state index is 0.448. The average molecular weight is 369 g/mol. The Morgan fingerprint density at radius 2 is 1.85 bits per heavy atom. The van der Waals surface area contributed by atoms with Crippen LogP contribution in [0.15, 0.2) is 47.6 Å². The molecule has 0 atom stereocenters. The van der Waals surface area contributed by atoms with Gasteiger partial charge in [0.25, 0.3) is 0 Å². The molecule has 0 bridgehead atoms. The average Bonchev–Trinajstić information content (AvgIpc) is 3.09. The number of hydrogen-bond donors (Lipinski definition) is 1. The zero-order valence-electron chi connectivity index (χ0n) is 15.2. The van der Waals surface area contributed by atoms with E-state index in [1.165, 1.54) is 0 Å². The molecule has 2 aromatic carbocycles. The highest BCUT2D eigenvalue weighted by molar-refractivity contribution is 7.22. The van der Waals surface area contributed by atoms with Crippen molar-refractivity contribution < 1.29 is 4.74 Å². The maximum Gasteiger partial charge on any atom is 0.186 e. The summed E-state index contributed by atoms with van der Waals surface area (Å²) < 4.78 is 6.96. The molecule has 0 amide bonds. The summed E-state index contributed by atoms with van der Waals surface area (Å²) >= 11 is 1.65. The number of aromatic nitrogens is 1. The number of hydrogen-bond acceptors (Lipinski definition) is 6. The lowest BCUT2D eigenvalue weighted by molar-refractivity contribution is 0.307. The van der Waals surface area contributed by atoms with Crippen LogP contribution in [0, 0.1) is 5.53 Å². The van der Waals surface area contributed by atoms with E-state index in [4.69, 9.17) is 15.3 Å². The van der Waals surface area contributed by atoms with E-state index in [1.54, 1.807) is 11.3 Å². The smallest absolute Gasteiger partial charge is 0.186 e. The van der Waals surface area contributed by atoms with Crippen LogP contribution >= 0.6 is 11.3 Å². The number of rotatable bonds is 9. The number of anilines is 1. The summed E-state index contributed by atoms with van der Waals surface area (Å²) in [6.07, 6.45) is 2.18. The second-order valence-electron chi connectivity index (χ2n) is 6.16. The third-order valence-corrected chi connectivity index (χ3v) is 5.15. The van der Waals surface area contributed by atoms with Gasteiger partial charge in [-0.05, 0) is 24.5 Å². The van der Waals surface area contributed by atoms with Crippen LogP contribution in [0.1, 0.15) is 32.3 Å². The van der Waals surface area contributed by atoms with Crippen molar-refractivity contribution in [2.24, 2.45) is 5.11 Å². The van der Waals surface area contributed by atoms with Crippen LogP contribution in [0.5, 0.6) is 5.75 Å². The Morgan fingerprint density at radius 1 is 1.12 bits per heavy atom. The molecule has 0 fully saturated rings. The molecule has 1 N–H and O–H groups in total. The van der Waals surface area contributed by atoms with Crippen LogP contribution in [-0.2, 0) is 6.61 Å². The molecule has 0 aliphatic heterocycles. The van der Waals surface area contributed by atoms with E-state index >= 15 is 0 Å². The summed E-state index contributed by atoms with van der Waals surface area (Å²) in [5.41, 5.74) is 10.0. The van der Waals surface area contributed by atoms with Crippen molar-refractivity contribution in [2.45, 2.75) is 33.3 Å². The third kappa shape index (κ3) is 4.19. The minimum Gasteiger partial charge on any atom is -0.486 e. The Bertz CT molecular complexity index is 857. The van der Waals surface area contributed by atoms with E-state index in [-0.39, 0.29) is 0 Å². The van der Waals surface area contributed by atoms with Gasteiger partial charge in [0.15, 0.2) is 5.13 Å². The topological polar surface area (TPSA) is 61.6 Å². The van der Waals surface area contributed by atoms with Crippen LogP contribution in [-0.4, -0.2) is 18.1 Å². The van der Waals surface area contributed by atoms with Crippen molar-refractivity contribution in [3.63, 3.8) is 0 Å². The maximum atomic E-state index is 7.48. The van der Waals surface area contributed by atoms with Crippen LogP contribution in [0.2, 0.25) is 0 Å². The number of benzene rings is 2. The first-order valence-electron chi connectivity index (χ1n) is 8.98. The maximum absolute atomic E-state index is 7.48. The van der Waals surface area contributed by atoms with Gasteiger partial charge in [-0.2, -0.15) is 5.11 Å². The molecule has 0 aliphatic rings. The predicted octanol–water partition coefficient (Wildman–Crippen LogP) is 6.16. The Hall–Kier alpha value is -2.47. The highest BCUT2D eigenvalue weighted by atomic mass is 32.1. The zero-order chi connectivity index (χ0) is 18.4. The molecule has 0 saturated carbocycles. The van der Waals surface area contributed by atoms with Crippen molar-refractivity contribution in [1.29, 1.82) is 5.53 Å². The predicted molar refractivity (Wildman–Crippen MR) is 108 cm³/mol. The molecule has 26 heavy (non-hydrogen) atoms. The molecule has 3 aromatic rings. The van der Waals surface area contributed by atoms with Gasteiger partial charge in [0.2, 0.25) is 0 Å². The minimum atomic E-state index is 0.448. The standard InChI is InChI=1S/C20H24N4OS/c1-3-10-24(11-4-2)20-22-17-12-18(16(23-21)13-19(17)26-20)25-14-15-8-6-5-7-9-15/h5-9,12-13,21H,3-4,10-11,14H2,1-2H3. The molecule has 3 rings (SSSR count). The van der Waals surface area contributed by atoms with Crippen molar-refractivity contribution in [2.75, 3.05) is 18.0 Å². The molecule has 0 saturated heterocycles. The van der Waals surface area contributed by atoms with Gasteiger partial charge in [-0.3, -0.25) is 0 Å². The largest absolute Gasteiger partial charge is 0.486 e. The first-order chi connectivity index (χ1) is 12.7. The summed E-state index contributed by atoms with van der Waals surface area (Å²) in [7, 11) is 0. The van der Waals surface area contributed by atoms with Gasteiger partial charge in [-0.25, -0.2) is 10.5 Å². The molecule has 0 aliphatic carbocycles. The molecule has 0 unspecified atom stereocenters. The molecule has 5 nitrogen and oxygen atoms in total. The summed E-state index contributed by atoms with van der Waals surface area (Å²) in [6, 6.07) is 13.8. The van der Waals surface area contributed by atoms with Gasteiger partial charge < -0.3 is 9.64 Å². The van der Waals surface area contributed by atoms with Gasteiger partial charge >= 0.3 is 0 Å². The van der Waals surface area contributed by atoms with E-state index < -0.39 is 0 Å². The first-order valence-corrected chi connectivity index (χ1v) is 9.80. The first kappa shape index (κ1) is 18.3. The van der Waals surface area contributed by atoms with Crippen LogP contribution in [0.3, 0.4) is 0 Å². The molecular formula is C20H24N4OS. The van der Waals surface area contributed by atoms with E-state index in [0.29, 0.717) is 18.0 Å². The lowest BCUT2D eigenvalue weighted by Crippen LogP contribution is -2.24. The Morgan fingerprint density at radius 3 is 2.50 bits per heavy atom. The van der Waals surface area contributed by atoms with Gasteiger partial charge in [-0.15, -0.1) is 0 Å². The fraction of sp³-hybridized carbons (Fsp3) is 0.350. The fourth-order valence-electron chi connectivity index (χ4n) is 2.85. The van der Waals surface area contributed by atoms with E-state index in [9.17, 15) is 0 Å². The van der Waals surface area contributed by atoms with Gasteiger partial charge in [-0.1, -0.05) is 55.5 Å². The molecule has 6 heteroatoms. The normalized spacial score (nSPS) is 10.8. The monoisotopic (exact) mass is 368 g/mol. The molecule has 136 valence electrons. The SMILES string of the molecule is CCCN(CCC)c1nc2cc(OCc3ccccc3)c(N=N)cc2s1. The summed E-state index contributed by atoms with van der Waals surface area (Å²) in [4.78, 5) is 7.13. The van der Waals surface area contributed by atoms with Crippen LogP contribution in [0.25, 0.3) is 10.2 Å². The number of nitrogens with one attached hydrogen (secondary N) is 1. The van der Waals surface area contributed by atoms with Crippen molar-refractivity contribution >= 4 is 32.4 Å². The molecule has 1 aromatic heterocycles. The number of nitrogens with zero attached hydrogens (tertiary/aromatic N) is 3. The van der Waals surface area contributed by atoms with Crippen LogP contribution in [0.4, 0.5) is 10.8 Å².